The first-order valence-electron chi connectivity index (χ1n) is 5.08. The molecule has 0 saturated heterocycles. The van der Waals surface area contributed by atoms with Gasteiger partial charge in [-0.1, -0.05) is 11.3 Å². The van der Waals surface area contributed by atoms with Crippen molar-refractivity contribution in [2.75, 3.05) is 5.32 Å². The molecule has 0 aliphatic heterocycles. The first kappa shape index (κ1) is 9.09. The van der Waals surface area contributed by atoms with Gasteiger partial charge < -0.3 is 5.32 Å². The Morgan fingerprint density at radius 2 is 1.86 bits per heavy atom. The fourth-order valence-corrected chi connectivity index (χ4v) is 2.99. The third-order valence-corrected chi connectivity index (χ3v) is 4.24. The van der Waals surface area contributed by atoms with Gasteiger partial charge in [0.15, 0.2) is 3.92 Å². The molecule has 3 nitrogen and oxygen atoms in total. The average molecular weight is 274 g/mol. The second-order valence-electron chi connectivity index (χ2n) is 4.21. The summed E-state index contributed by atoms with van der Waals surface area (Å²) >= 11 is 4.92. The molecular formula is C9H12BrN3S. The number of nitrogens with zero attached hydrogens (tertiary/aromatic N) is 2. The van der Waals surface area contributed by atoms with Gasteiger partial charge in [0.1, 0.15) is 0 Å². The van der Waals surface area contributed by atoms with Crippen LogP contribution in [0.1, 0.15) is 25.7 Å². The summed E-state index contributed by atoms with van der Waals surface area (Å²) in [6, 6.07) is 0.676. The van der Waals surface area contributed by atoms with Gasteiger partial charge in [0.2, 0.25) is 5.13 Å². The van der Waals surface area contributed by atoms with Crippen molar-refractivity contribution in [3.8, 4) is 0 Å². The standard InChI is InChI=1S/C9H12BrN3S/c10-8-12-13-9(14-8)11-7(5-1-2-5)6-3-4-6/h5-7H,1-4H2,(H,11,13). The molecule has 0 bridgehead atoms. The van der Waals surface area contributed by atoms with Gasteiger partial charge in [0.25, 0.3) is 0 Å². The SMILES string of the molecule is Brc1nnc(NC(C2CC2)C2CC2)s1. The zero-order valence-corrected chi connectivity index (χ0v) is 10.1. The second-order valence-corrected chi connectivity index (χ2v) is 6.46. The van der Waals surface area contributed by atoms with E-state index in [2.05, 4.69) is 31.4 Å². The highest BCUT2D eigenvalue weighted by atomic mass is 79.9. The lowest BCUT2D eigenvalue weighted by Crippen LogP contribution is -2.24. The molecule has 0 atom stereocenters. The molecule has 1 aromatic rings. The predicted octanol–water partition coefficient (Wildman–Crippen LogP) is 2.90. The first-order chi connectivity index (χ1) is 6.83. The van der Waals surface area contributed by atoms with Gasteiger partial charge in [0.05, 0.1) is 0 Å². The highest BCUT2D eigenvalue weighted by Gasteiger charge is 2.41. The number of nitrogens with one attached hydrogen (secondary N) is 1. The van der Waals surface area contributed by atoms with Crippen molar-refractivity contribution in [1.29, 1.82) is 0 Å². The van der Waals surface area contributed by atoms with Gasteiger partial charge >= 0.3 is 0 Å². The molecule has 2 aliphatic rings. The third-order valence-electron chi connectivity index (χ3n) is 2.95. The number of halogens is 1. The third kappa shape index (κ3) is 1.93. The van der Waals surface area contributed by atoms with Crippen LogP contribution in [-0.2, 0) is 0 Å². The minimum atomic E-state index is 0.676. The number of hydrogen-bond donors (Lipinski definition) is 1. The summed E-state index contributed by atoms with van der Waals surface area (Å²) in [5, 5.41) is 12.5. The minimum Gasteiger partial charge on any atom is -0.357 e. The lowest BCUT2D eigenvalue weighted by atomic mass is 10.1. The minimum absolute atomic E-state index is 0.676. The molecule has 0 amide bonds. The van der Waals surface area contributed by atoms with E-state index < -0.39 is 0 Å². The van der Waals surface area contributed by atoms with Crippen LogP contribution in [0.5, 0.6) is 0 Å². The Hall–Kier alpha value is -0.160. The highest BCUT2D eigenvalue weighted by Crippen LogP contribution is 2.46. The maximum Gasteiger partial charge on any atom is 0.206 e. The molecule has 1 heterocycles. The molecule has 3 rings (SSSR count). The van der Waals surface area contributed by atoms with Crippen molar-refractivity contribution in [2.45, 2.75) is 31.7 Å². The van der Waals surface area contributed by atoms with E-state index in [0.717, 1.165) is 20.9 Å². The molecule has 0 unspecified atom stereocenters. The summed E-state index contributed by atoms with van der Waals surface area (Å²) in [7, 11) is 0. The Bertz CT molecular complexity index is 321. The molecule has 1 N–H and O–H groups in total. The van der Waals surface area contributed by atoms with Gasteiger partial charge in [-0.2, -0.15) is 0 Å². The number of rotatable bonds is 4. The monoisotopic (exact) mass is 273 g/mol. The van der Waals surface area contributed by atoms with Crippen LogP contribution in [0.2, 0.25) is 0 Å². The van der Waals surface area contributed by atoms with E-state index in [1.807, 2.05) is 0 Å². The van der Waals surface area contributed by atoms with Crippen molar-refractivity contribution < 1.29 is 0 Å². The molecular weight excluding hydrogens is 262 g/mol. The molecule has 0 aromatic carbocycles. The fraction of sp³-hybridized carbons (Fsp3) is 0.778. The summed E-state index contributed by atoms with van der Waals surface area (Å²) in [5.41, 5.74) is 0. The molecule has 1 aromatic heterocycles. The van der Waals surface area contributed by atoms with Gasteiger partial charge in [0, 0.05) is 6.04 Å². The Morgan fingerprint density at radius 3 is 2.29 bits per heavy atom. The quantitative estimate of drug-likeness (QED) is 0.917. The summed E-state index contributed by atoms with van der Waals surface area (Å²) in [5.74, 6) is 1.82. The molecule has 0 spiro atoms. The van der Waals surface area contributed by atoms with E-state index in [1.54, 1.807) is 11.3 Å². The van der Waals surface area contributed by atoms with Gasteiger partial charge in [-0.25, -0.2) is 0 Å². The zero-order chi connectivity index (χ0) is 9.54. The highest BCUT2D eigenvalue weighted by molar-refractivity contribution is 9.11. The van der Waals surface area contributed by atoms with Crippen molar-refractivity contribution in [1.82, 2.24) is 10.2 Å². The first-order valence-corrected chi connectivity index (χ1v) is 6.69. The Labute approximate surface area is 95.4 Å². The normalized spacial score (nSPS) is 21.6. The van der Waals surface area contributed by atoms with Crippen molar-refractivity contribution in [3.05, 3.63) is 3.92 Å². The smallest absolute Gasteiger partial charge is 0.206 e. The van der Waals surface area contributed by atoms with E-state index in [9.17, 15) is 0 Å². The number of anilines is 1. The van der Waals surface area contributed by atoms with Gasteiger partial charge in [-0.05, 0) is 53.4 Å². The van der Waals surface area contributed by atoms with E-state index in [-0.39, 0.29) is 0 Å². The van der Waals surface area contributed by atoms with Crippen LogP contribution in [0.4, 0.5) is 5.13 Å². The average Bonchev–Trinajstić information content (AvgIpc) is 3.04. The molecule has 0 radical (unpaired) electrons. The number of hydrogen-bond acceptors (Lipinski definition) is 4. The van der Waals surface area contributed by atoms with Gasteiger partial charge in [-0.3, -0.25) is 0 Å². The van der Waals surface area contributed by atoms with Crippen LogP contribution in [0.25, 0.3) is 0 Å². The van der Waals surface area contributed by atoms with E-state index in [1.165, 1.54) is 25.7 Å². The summed E-state index contributed by atoms with van der Waals surface area (Å²) in [6.07, 6.45) is 5.59. The predicted molar refractivity (Wildman–Crippen MR) is 60.5 cm³/mol. The van der Waals surface area contributed by atoms with Crippen molar-refractivity contribution >= 4 is 32.4 Å². The lowest BCUT2D eigenvalue weighted by molar-refractivity contribution is 0.566. The lowest BCUT2D eigenvalue weighted by Gasteiger charge is -2.15. The van der Waals surface area contributed by atoms with E-state index in [0.29, 0.717) is 6.04 Å². The summed E-state index contributed by atoms with van der Waals surface area (Å²) in [4.78, 5) is 0. The molecule has 2 fully saturated rings. The zero-order valence-electron chi connectivity index (χ0n) is 7.74. The molecule has 76 valence electrons. The van der Waals surface area contributed by atoms with Crippen LogP contribution in [-0.4, -0.2) is 16.2 Å². The molecule has 2 aliphatic carbocycles. The largest absolute Gasteiger partial charge is 0.357 e. The van der Waals surface area contributed by atoms with E-state index >= 15 is 0 Å². The summed E-state index contributed by atoms with van der Waals surface area (Å²) in [6.45, 7) is 0. The second kappa shape index (κ2) is 3.45. The van der Waals surface area contributed by atoms with Crippen LogP contribution in [0, 0.1) is 11.8 Å². The Morgan fingerprint density at radius 1 is 1.21 bits per heavy atom. The van der Waals surface area contributed by atoms with Crippen LogP contribution < -0.4 is 5.32 Å². The maximum absolute atomic E-state index is 4.09. The van der Waals surface area contributed by atoms with Crippen LogP contribution in [0.3, 0.4) is 0 Å². The Kier molecular flexibility index (Phi) is 2.24. The van der Waals surface area contributed by atoms with Crippen molar-refractivity contribution in [3.63, 3.8) is 0 Å². The Balaban J connectivity index is 1.68. The number of aromatic nitrogens is 2. The maximum atomic E-state index is 4.09. The van der Waals surface area contributed by atoms with E-state index in [4.69, 9.17) is 0 Å². The summed E-state index contributed by atoms with van der Waals surface area (Å²) < 4.78 is 0.866. The molecule has 14 heavy (non-hydrogen) atoms. The topological polar surface area (TPSA) is 37.8 Å². The van der Waals surface area contributed by atoms with Gasteiger partial charge in [-0.15, -0.1) is 10.2 Å². The van der Waals surface area contributed by atoms with Crippen LogP contribution in [0.15, 0.2) is 3.92 Å². The van der Waals surface area contributed by atoms with Crippen LogP contribution >= 0.6 is 27.3 Å². The molecule has 2 saturated carbocycles. The molecule has 5 heteroatoms. The fourth-order valence-electron chi connectivity index (χ4n) is 1.94. The van der Waals surface area contributed by atoms with Crippen molar-refractivity contribution in [2.24, 2.45) is 11.8 Å².